The SMILES string of the molecule is CC(=O)OC(C)(C)CCOc1cc(C)c(-c2cccc(C=O)c2C)c(C)c1. The van der Waals surface area contributed by atoms with Crippen molar-refractivity contribution in [1.82, 2.24) is 0 Å². The summed E-state index contributed by atoms with van der Waals surface area (Å²) >= 11 is 0. The van der Waals surface area contributed by atoms with Crippen molar-refractivity contribution in [2.24, 2.45) is 0 Å². The molecule has 0 spiro atoms. The smallest absolute Gasteiger partial charge is 0.303 e. The summed E-state index contributed by atoms with van der Waals surface area (Å²) in [6, 6.07) is 9.80. The Balaban J connectivity index is 2.20. The first-order valence-corrected chi connectivity index (χ1v) is 9.13. The minimum absolute atomic E-state index is 0.288. The molecule has 0 amide bonds. The summed E-state index contributed by atoms with van der Waals surface area (Å²) in [7, 11) is 0. The molecule has 0 N–H and O–H groups in total. The van der Waals surface area contributed by atoms with E-state index in [1.165, 1.54) is 6.92 Å². The van der Waals surface area contributed by atoms with Crippen LogP contribution < -0.4 is 4.74 Å². The first kappa shape index (κ1) is 20.7. The predicted molar refractivity (Wildman–Crippen MR) is 107 cm³/mol. The number of rotatable bonds is 7. The Labute approximate surface area is 161 Å². The monoisotopic (exact) mass is 368 g/mol. The van der Waals surface area contributed by atoms with Gasteiger partial charge in [-0.15, -0.1) is 0 Å². The number of ether oxygens (including phenoxy) is 2. The molecule has 2 aromatic carbocycles. The molecule has 2 aromatic rings. The van der Waals surface area contributed by atoms with Crippen LogP contribution in [0.25, 0.3) is 11.1 Å². The fourth-order valence-corrected chi connectivity index (χ4v) is 3.34. The van der Waals surface area contributed by atoms with Gasteiger partial charge in [0.25, 0.3) is 0 Å². The highest BCUT2D eigenvalue weighted by atomic mass is 16.6. The molecule has 0 saturated heterocycles. The summed E-state index contributed by atoms with van der Waals surface area (Å²) in [6.45, 7) is 11.7. The van der Waals surface area contributed by atoms with Crippen LogP contribution in [0.4, 0.5) is 0 Å². The van der Waals surface area contributed by atoms with Crippen molar-refractivity contribution >= 4 is 12.3 Å². The van der Waals surface area contributed by atoms with Gasteiger partial charge in [0.2, 0.25) is 0 Å². The fourth-order valence-electron chi connectivity index (χ4n) is 3.34. The molecule has 0 unspecified atom stereocenters. The van der Waals surface area contributed by atoms with Crippen molar-refractivity contribution in [2.75, 3.05) is 6.61 Å². The van der Waals surface area contributed by atoms with Crippen molar-refractivity contribution in [1.29, 1.82) is 0 Å². The quantitative estimate of drug-likeness (QED) is 0.498. The van der Waals surface area contributed by atoms with Crippen LogP contribution in [-0.2, 0) is 9.53 Å². The molecule has 0 atom stereocenters. The van der Waals surface area contributed by atoms with Crippen LogP contribution in [0.15, 0.2) is 30.3 Å². The van der Waals surface area contributed by atoms with Crippen molar-refractivity contribution in [3.63, 3.8) is 0 Å². The summed E-state index contributed by atoms with van der Waals surface area (Å²) in [5.74, 6) is 0.500. The lowest BCUT2D eigenvalue weighted by atomic mass is 9.90. The van der Waals surface area contributed by atoms with Gasteiger partial charge in [-0.05, 0) is 74.6 Å². The average Bonchev–Trinajstić information content (AvgIpc) is 2.54. The van der Waals surface area contributed by atoms with E-state index in [0.717, 1.165) is 39.9 Å². The molecule has 0 fully saturated rings. The van der Waals surface area contributed by atoms with E-state index >= 15 is 0 Å². The third-order valence-electron chi connectivity index (χ3n) is 4.67. The lowest BCUT2D eigenvalue weighted by molar-refractivity contribution is -0.154. The zero-order valence-electron chi connectivity index (χ0n) is 17.0. The molecule has 0 aromatic heterocycles. The third kappa shape index (κ3) is 5.19. The van der Waals surface area contributed by atoms with Crippen molar-refractivity contribution in [2.45, 2.75) is 53.6 Å². The van der Waals surface area contributed by atoms with E-state index in [1.807, 2.05) is 65.0 Å². The first-order valence-electron chi connectivity index (χ1n) is 9.13. The van der Waals surface area contributed by atoms with E-state index in [4.69, 9.17) is 9.47 Å². The Morgan fingerprint density at radius 3 is 2.30 bits per heavy atom. The van der Waals surface area contributed by atoms with Crippen molar-refractivity contribution in [3.8, 4) is 16.9 Å². The number of esters is 1. The average molecular weight is 368 g/mol. The predicted octanol–water partition coefficient (Wildman–Crippen LogP) is 5.20. The molecule has 0 radical (unpaired) electrons. The van der Waals surface area contributed by atoms with Crippen LogP contribution in [-0.4, -0.2) is 24.5 Å². The highest BCUT2D eigenvalue weighted by Gasteiger charge is 2.21. The summed E-state index contributed by atoms with van der Waals surface area (Å²) < 4.78 is 11.2. The van der Waals surface area contributed by atoms with Gasteiger partial charge < -0.3 is 9.47 Å². The highest BCUT2D eigenvalue weighted by Crippen LogP contribution is 2.34. The van der Waals surface area contributed by atoms with Gasteiger partial charge in [-0.2, -0.15) is 0 Å². The maximum atomic E-state index is 11.2. The van der Waals surface area contributed by atoms with Crippen LogP contribution in [0.2, 0.25) is 0 Å². The van der Waals surface area contributed by atoms with Gasteiger partial charge in [-0.1, -0.05) is 18.2 Å². The summed E-state index contributed by atoms with van der Waals surface area (Å²) in [5.41, 5.74) is 5.52. The van der Waals surface area contributed by atoms with Crippen LogP contribution >= 0.6 is 0 Å². The standard InChI is InChI=1S/C23H28O4/c1-15-12-20(26-11-10-23(5,6)27-18(4)25)13-16(2)22(15)21-9-7-8-19(14-24)17(21)3/h7-9,12-14H,10-11H2,1-6H3. The van der Waals surface area contributed by atoms with Gasteiger partial charge in [-0.3, -0.25) is 9.59 Å². The Kier molecular flexibility index (Phi) is 6.42. The minimum atomic E-state index is -0.553. The van der Waals surface area contributed by atoms with E-state index in [0.29, 0.717) is 18.6 Å². The summed E-state index contributed by atoms with van der Waals surface area (Å²) in [6.07, 6.45) is 1.50. The molecule has 4 nitrogen and oxygen atoms in total. The van der Waals surface area contributed by atoms with Crippen LogP contribution in [0.3, 0.4) is 0 Å². The topological polar surface area (TPSA) is 52.6 Å². The second kappa shape index (κ2) is 8.38. The summed E-state index contributed by atoms with van der Waals surface area (Å²) in [4.78, 5) is 22.4. The number of carbonyl (C=O) groups is 2. The normalized spacial score (nSPS) is 11.2. The van der Waals surface area contributed by atoms with E-state index in [9.17, 15) is 9.59 Å². The molecule has 2 rings (SSSR count). The van der Waals surface area contributed by atoms with E-state index in [2.05, 4.69) is 0 Å². The number of carbonyl (C=O) groups excluding carboxylic acids is 2. The molecule has 0 heterocycles. The Bertz CT molecular complexity index is 826. The molecule has 0 aliphatic heterocycles. The number of hydrogen-bond acceptors (Lipinski definition) is 4. The highest BCUT2D eigenvalue weighted by molar-refractivity contribution is 5.84. The second-order valence-electron chi connectivity index (χ2n) is 7.52. The molecule has 0 aliphatic rings. The number of aldehydes is 1. The molecule has 0 saturated carbocycles. The van der Waals surface area contributed by atoms with Gasteiger partial charge in [-0.25, -0.2) is 0 Å². The number of hydrogen-bond donors (Lipinski definition) is 0. The van der Waals surface area contributed by atoms with E-state index in [1.54, 1.807) is 0 Å². The summed E-state index contributed by atoms with van der Waals surface area (Å²) in [5, 5.41) is 0. The molecular weight excluding hydrogens is 340 g/mol. The van der Waals surface area contributed by atoms with Crippen LogP contribution in [0, 0.1) is 20.8 Å². The van der Waals surface area contributed by atoms with E-state index < -0.39 is 5.60 Å². The lowest BCUT2D eigenvalue weighted by Gasteiger charge is -2.24. The van der Waals surface area contributed by atoms with Crippen molar-refractivity contribution < 1.29 is 19.1 Å². The zero-order chi connectivity index (χ0) is 20.2. The molecule has 4 heteroatoms. The zero-order valence-corrected chi connectivity index (χ0v) is 17.0. The first-order chi connectivity index (χ1) is 12.6. The van der Waals surface area contributed by atoms with E-state index in [-0.39, 0.29) is 5.97 Å². The number of aryl methyl sites for hydroxylation is 2. The minimum Gasteiger partial charge on any atom is -0.493 e. The van der Waals surface area contributed by atoms with Gasteiger partial charge in [0.1, 0.15) is 17.6 Å². The molecule has 27 heavy (non-hydrogen) atoms. The molecular formula is C23H28O4. The fraction of sp³-hybridized carbons (Fsp3) is 0.391. The molecule has 144 valence electrons. The number of benzene rings is 2. The van der Waals surface area contributed by atoms with Gasteiger partial charge >= 0.3 is 5.97 Å². The maximum absolute atomic E-state index is 11.2. The maximum Gasteiger partial charge on any atom is 0.303 e. The van der Waals surface area contributed by atoms with Crippen molar-refractivity contribution in [3.05, 3.63) is 52.6 Å². The Morgan fingerprint density at radius 1 is 1.11 bits per heavy atom. The molecule has 0 bridgehead atoms. The van der Waals surface area contributed by atoms with Crippen LogP contribution in [0.5, 0.6) is 5.75 Å². The van der Waals surface area contributed by atoms with Gasteiger partial charge in [0, 0.05) is 18.9 Å². The van der Waals surface area contributed by atoms with Gasteiger partial charge in [0.15, 0.2) is 0 Å². The Morgan fingerprint density at radius 2 is 1.74 bits per heavy atom. The molecule has 0 aliphatic carbocycles. The van der Waals surface area contributed by atoms with Crippen LogP contribution in [0.1, 0.15) is 54.2 Å². The second-order valence-corrected chi connectivity index (χ2v) is 7.52. The van der Waals surface area contributed by atoms with Gasteiger partial charge in [0.05, 0.1) is 6.61 Å². The largest absolute Gasteiger partial charge is 0.493 e. The lowest BCUT2D eigenvalue weighted by Crippen LogP contribution is -2.29. The third-order valence-corrected chi connectivity index (χ3v) is 4.67. The Hall–Kier alpha value is -2.62.